The lowest BCUT2D eigenvalue weighted by atomic mass is 10.0. The Morgan fingerprint density at radius 2 is 2.00 bits per heavy atom. The van der Waals surface area contributed by atoms with Crippen LogP contribution >= 0.6 is 0 Å². The van der Waals surface area contributed by atoms with Gasteiger partial charge in [-0.1, -0.05) is 0 Å². The third kappa shape index (κ3) is 2.71. The molecule has 0 aliphatic carbocycles. The van der Waals surface area contributed by atoms with Crippen LogP contribution in [0.3, 0.4) is 0 Å². The van der Waals surface area contributed by atoms with Crippen molar-refractivity contribution >= 4 is 15.7 Å². The van der Waals surface area contributed by atoms with Crippen molar-refractivity contribution in [1.82, 2.24) is 4.41 Å². The minimum Gasteiger partial charge on any atom is -0.497 e. The predicted octanol–water partition coefficient (Wildman–Crippen LogP) is 2.40. The van der Waals surface area contributed by atoms with Crippen LogP contribution < -0.4 is 4.74 Å². The van der Waals surface area contributed by atoms with Crippen molar-refractivity contribution in [2.75, 3.05) is 13.4 Å². The highest BCUT2D eigenvalue weighted by molar-refractivity contribution is 7.88. The third-order valence-corrected chi connectivity index (χ3v) is 4.52. The van der Waals surface area contributed by atoms with E-state index in [1.165, 1.54) is 6.26 Å². The van der Waals surface area contributed by atoms with Gasteiger partial charge in [0, 0.05) is 6.42 Å². The molecule has 0 amide bonds. The van der Waals surface area contributed by atoms with E-state index >= 15 is 0 Å². The molecule has 0 unspecified atom stereocenters. The maximum Gasteiger partial charge on any atom is 0.247 e. The summed E-state index contributed by atoms with van der Waals surface area (Å²) in [6.07, 6.45) is 3.14. The summed E-state index contributed by atoms with van der Waals surface area (Å²) in [7, 11) is -1.87. The standard InChI is InChI=1S/C15H16N2O4S/c1-20-12-7-5-11(6-8-12)13-10-14(15-4-3-9-21-15)17(16-13)22(2,18)19/h3-9,14H,10H2,1-2H3/t14-/m0/s1. The summed E-state index contributed by atoms with van der Waals surface area (Å²) in [4.78, 5) is 0. The first-order chi connectivity index (χ1) is 10.5. The largest absolute Gasteiger partial charge is 0.497 e. The number of benzene rings is 1. The summed E-state index contributed by atoms with van der Waals surface area (Å²) >= 11 is 0. The fraction of sp³-hybridized carbons (Fsp3) is 0.267. The number of ether oxygens (including phenoxy) is 1. The Balaban J connectivity index is 1.96. The van der Waals surface area contributed by atoms with E-state index in [9.17, 15) is 8.42 Å². The first-order valence-corrected chi connectivity index (χ1v) is 8.58. The number of nitrogens with zero attached hydrogens (tertiary/aromatic N) is 2. The van der Waals surface area contributed by atoms with Crippen molar-refractivity contribution in [3.63, 3.8) is 0 Å². The summed E-state index contributed by atoms with van der Waals surface area (Å²) in [6.45, 7) is 0. The minimum atomic E-state index is -3.47. The van der Waals surface area contributed by atoms with Gasteiger partial charge in [-0.2, -0.15) is 9.52 Å². The van der Waals surface area contributed by atoms with Crippen LogP contribution in [0.4, 0.5) is 0 Å². The van der Waals surface area contributed by atoms with Gasteiger partial charge in [0.2, 0.25) is 10.0 Å². The van der Waals surface area contributed by atoms with Gasteiger partial charge in [0.05, 0.1) is 25.3 Å². The highest BCUT2D eigenvalue weighted by atomic mass is 32.2. The fourth-order valence-electron chi connectivity index (χ4n) is 2.45. The van der Waals surface area contributed by atoms with Gasteiger partial charge in [-0.25, -0.2) is 8.42 Å². The Kier molecular flexibility index (Phi) is 3.66. The van der Waals surface area contributed by atoms with Crippen molar-refractivity contribution in [1.29, 1.82) is 0 Å². The topological polar surface area (TPSA) is 72.1 Å². The van der Waals surface area contributed by atoms with Crippen molar-refractivity contribution in [3.05, 3.63) is 54.0 Å². The monoisotopic (exact) mass is 320 g/mol. The van der Waals surface area contributed by atoms with Crippen LogP contribution in [0.5, 0.6) is 5.75 Å². The molecule has 1 atom stereocenters. The van der Waals surface area contributed by atoms with E-state index in [-0.39, 0.29) is 0 Å². The highest BCUT2D eigenvalue weighted by Crippen LogP contribution is 2.34. The van der Waals surface area contributed by atoms with Crippen molar-refractivity contribution in [3.8, 4) is 5.75 Å². The molecule has 2 heterocycles. The second-order valence-electron chi connectivity index (χ2n) is 5.05. The second-order valence-corrected chi connectivity index (χ2v) is 6.89. The van der Waals surface area contributed by atoms with E-state index in [0.717, 1.165) is 22.0 Å². The Hall–Kier alpha value is -2.28. The van der Waals surface area contributed by atoms with Crippen LogP contribution in [0.1, 0.15) is 23.8 Å². The Morgan fingerprint density at radius 3 is 2.55 bits per heavy atom. The van der Waals surface area contributed by atoms with Crippen molar-refractivity contribution in [2.45, 2.75) is 12.5 Å². The molecule has 0 spiro atoms. The number of hydrogen-bond donors (Lipinski definition) is 0. The number of furan rings is 1. The molecule has 116 valence electrons. The summed E-state index contributed by atoms with van der Waals surface area (Å²) < 4.78 is 35.6. The van der Waals surface area contributed by atoms with Gasteiger partial charge in [0.15, 0.2) is 0 Å². The number of methoxy groups -OCH3 is 1. The van der Waals surface area contributed by atoms with Gasteiger partial charge in [0.25, 0.3) is 0 Å². The lowest BCUT2D eigenvalue weighted by molar-refractivity contribution is 0.322. The highest BCUT2D eigenvalue weighted by Gasteiger charge is 2.36. The van der Waals surface area contributed by atoms with Gasteiger partial charge in [0.1, 0.15) is 17.6 Å². The van der Waals surface area contributed by atoms with E-state index in [4.69, 9.17) is 9.15 Å². The maximum atomic E-state index is 12.0. The number of sulfonamides is 1. The molecule has 22 heavy (non-hydrogen) atoms. The molecular weight excluding hydrogens is 304 g/mol. The molecular formula is C15H16N2O4S. The molecule has 6 nitrogen and oxygen atoms in total. The van der Waals surface area contributed by atoms with Crippen LogP contribution in [0.15, 0.2) is 52.2 Å². The number of hydrazone groups is 1. The number of hydrogen-bond acceptors (Lipinski definition) is 5. The fourth-order valence-corrected chi connectivity index (χ4v) is 3.33. The Bertz CT molecular complexity index is 779. The Morgan fingerprint density at radius 1 is 1.27 bits per heavy atom. The molecule has 0 N–H and O–H groups in total. The van der Waals surface area contributed by atoms with Crippen LogP contribution in [0.2, 0.25) is 0 Å². The molecule has 0 bridgehead atoms. The van der Waals surface area contributed by atoms with Crippen LogP contribution in [-0.4, -0.2) is 31.9 Å². The first-order valence-electron chi connectivity index (χ1n) is 6.74. The van der Waals surface area contributed by atoms with Gasteiger partial charge < -0.3 is 9.15 Å². The van der Waals surface area contributed by atoms with Gasteiger partial charge >= 0.3 is 0 Å². The SMILES string of the molecule is COc1ccc(C2=NN(S(C)(=O)=O)[C@H](c3ccco3)C2)cc1. The molecule has 1 aliphatic heterocycles. The molecule has 0 fully saturated rings. The lowest BCUT2D eigenvalue weighted by Crippen LogP contribution is -2.25. The lowest BCUT2D eigenvalue weighted by Gasteiger charge is -2.18. The molecule has 2 aromatic rings. The zero-order valence-electron chi connectivity index (χ0n) is 12.3. The summed E-state index contributed by atoms with van der Waals surface area (Å²) in [5, 5.41) is 4.28. The zero-order chi connectivity index (χ0) is 15.7. The van der Waals surface area contributed by atoms with Gasteiger partial charge in [-0.05, 0) is 42.0 Å². The maximum absolute atomic E-state index is 12.0. The van der Waals surface area contributed by atoms with E-state index in [1.807, 2.05) is 24.3 Å². The molecule has 1 aliphatic rings. The molecule has 1 aromatic carbocycles. The first kappa shape index (κ1) is 14.6. The second kappa shape index (κ2) is 5.49. The Labute approximate surface area is 129 Å². The molecule has 3 rings (SSSR count). The van der Waals surface area contributed by atoms with E-state index in [0.29, 0.717) is 17.9 Å². The third-order valence-electron chi connectivity index (χ3n) is 3.51. The van der Waals surface area contributed by atoms with E-state index < -0.39 is 16.1 Å². The van der Waals surface area contributed by atoms with Gasteiger partial charge in [-0.15, -0.1) is 0 Å². The average molecular weight is 320 g/mol. The molecule has 0 saturated carbocycles. The predicted molar refractivity (Wildman–Crippen MR) is 82.3 cm³/mol. The summed E-state index contributed by atoms with van der Waals surface area (Å²) in [6, 6.07) is 10.4. The average Bonchev–Trinajstić information content (AvgIpc) is 3.15. The minimum absolute atomic E-state index is 0.442. The van der Waals surface area contributed by atoms with Crippen LogP contribution in [0.25, 0.3) is 0 Å². The van der Waals surface area contributed by atoms with Crippen LogP contribution in [0, 0.1) is 0 Å². The van der Waals surface area contributed by atoms with E-state index in [2.05, 4.69) is 5.10 Å². The summed E-state index contributed by atoms with van der Waals surface area (Å²) in [5.41, 5.74) is 1.57. The molecule has 7 heteroatoms. The molecule has 0 saturated heterocycles. The van der Waals surface area contributed by atoms with E-state index in [1.54, 1.807) is 19.2 Å². The smallest absolute Gasteiger partial charge is 0.247 e. The van der Waals surface area contributed by atoms with Crippen molar-refractivity contribution < 1.29 is 17.6 Å². The molecule has 1 aromatic heterocycles. The van der Waals surface area contributed by atoms with Gasteiger partial charge in [-0.3, -0.25) is 0 Å². The zero-order valence-corrected chi connectivity index (χ0v) is 13.1. The normalized spacial score (nSPS) is 18.4. The van der Waals surface area contributed by atoms with Crippen LogP contribution in [-0.2, 0) is 10.0 Å². The molecule has 0 radical (unpaired) electrons. The summed E-state index contributed by atoms with van der Waals surface area (Å²) in [5.74, 6) is 1.32. The number of rotatable bonds is 4. The van der Waals surface area contributed by atoms with Crippen molar-refractivity contribution in [2.24, 2.45) is 5.10 Å². The quantitative estimate of drug-likeness (QED) is 0.867.